The lowest BCUT2D eigenvalue weighted by Gasteiger charge is -2.35. The van der Waals surface area contributed by atoms with Gasteiger partial charge in [0.2, 0.25) is 5.43 Å². The van der Waals surface area contributed by atoms with Gasteiger partial charge in [-0.2, -0.15) is 0 Å². The van der Waals surface area contributed by atoms with Crippen molar-refractivity contribution in [2.45, 2.75) is 6.10 Å². The fourth-order valence-corrected chi connectivity index (χ4v) is 4.79. The second kappa shape index (κ2) is 8.13. The lowest BCUT2D eigenvalue weighted by molar-refractivity contribution is -0.0102. The number of methoxy groups -OCH3 is 1. The van der Waals surface area contributed by atoms with E-state index in [1.54, 1.807) is 30.1 Å². The standard InChI is InChI=1S/C20H20FN3O5S/c1-22-8-13-16-12(18(25)15(20(26)27)19-24(16)4-6-30-19)7-14(21)17(13)23-3-5-29-11(9-23)10-28-2/h4,6-8,11H,3,5,9-10H2,1-2H3,(H,26,27)/t11-/m0/s1. The van der Waals surface area contributed by atoms with E-state index in [2.05, 4.69) is 4.99 Å². The van der Waals surface area contributed by atoms with Crippen LogP contribution in [-0.2, 0) is 9.47 Å². The number of anilines is 1. The van der Waals surface area contributed by atoms with E-state index in [0.29, 0.717) is 47.9 Å². The highest BCUT2D eigenvalue weighted by Gasteiger charge is 2.28. The monoisotopic (exact) mass is 433 g/mol. The van der Waals surface area contributed by atoms with Crippen molar-refractivity contribution < 1.29 is 23.8 Å². The van der Waals surface area contributed by atoms with Gasteiger partial charge in [-0.05, 0) is 6.07 Å². The molecule has 158 valence electrons. The minimum Gasteiger partial charge on any atom is -0.477 e. The first-order chi connectivity index (χ1) is 14.5. The molecule has 1 fully saturated rings. The lowest BCUT2D eigenvalue weighted by atomic mass is 10.0. The topological polar surface area (TPSA) is 92.8 Å². The van der Waals surface area contributed by atoms with E-state index in [9.17, 15) is 14.7 Å². The molecule has 8 nitrogen and oxygen atoms in total. The third-order valence-electron chi connectivity index (χ3n) is 5.08. The average Bonchev–Trinajstić information content (AvgIpc) is 3.17. The van der Waals surface area contributed by atoms with E-state index in [1.807, 2.05) is 4.90 Å². The van der Waals surface area contributed by atoms with Crippen LogP contribution >= 0.6 is 11.3 Å². The van der Waals surface area contributed by atoms with Crippen LogP contribution in [0.2, 0.25) is 0 Å². The Hall–Kier alpha value is -2.82. The number of carbonyl (C=O) groups is 1. The number of rotatable bonds is 5. The van der Waals surface area contributed by atoms with Gasteiger partial charge in [0.1, 0.15) is 16.2 Å². The maximum atomic E-state index is 15.4. The molecule has 0 saturated carbocycles. The lowest BCUT2D eigenvalue weighted by Crippen LogP contribution is -2.45. The highest BCUT2D eigenvalue weighted by atomic mass is 32.1. The van der Waals surface area contributed by atoms with E-state index in [1.165, 1.54) is 6.21 Å². The van der Waals surface area contributed by atoms with Crippen LogP contribution in [0.25, 0.3) is 15.7 Å². The Balaban J connectivity index is 2.05. The molecular weight excluding hydrogens is 413 g/mol. The van der Waals surface area contributed by atoms with E-state index in [0.717, 1.165) is 17.4 Å². The molecule has 1 aliphatic heterocycles. The zero-order valence-corrected chi connectivity index (χ0v) is 17.2. The zero-order valence-electron chi connectivity index (χ0n) is 16.4. The Morgan fingerprint density at radius 2 is 2.33 bits per heavy atom. The summed E-state index contributed by atoms with van der Waals surface area (Å²) >= 11 is 1.14. The molecule has 0 unspecified atom stereocenters. The number of hydrogen-bond acceptors (Lipinski definition) is 7. The van der Waals surface area contributed by atoms with Crippen LogP contribution in [0.4, 0.5) is 10.1 Å². The van der Waals surface area contributed by atoms with Gasteiger partial charge in [0.25, 0.3) is 0 Å². The molecule has 1 aliphatic rings. The fraction of sp³-hybridized carbons (Fsp3) is 0.350. The maximum Gasteiger partial charge on any atom is 0.342 e. The summed E-state index contributed by atoms with van der Waals surface area (Å²) in [7, 11) is 3.14. The molecule has 1 N–H and O–H groups in total. The van der Waals surface area contributed by atoms with Gasteiger partial charge in [-0.3, -0.25) is 9.79 Å². The number of morpholine rings is 1. The minimum atomic E-state index is -1.34. The van der Waals surface area contributed by atoms with Crippen LogP contribution < -0.4 is 10.3 Å². The van der Waals surface area contributed by atoms with Crippen LogP contribution in [0.5, 0.6) is 0 Å². The third kappa shape index (κ3) is 3.26. The number of carboxylic acids is 1. The number of thiazole rings is 1. The van der Waals surface area contributed by atoms with E-state index >= 15 is 4.39 Å². The first kappa shape index (κ1) is 20.5. The summed E-state index contributed by atoms with van der Waals surface area (Å²) in [6, 6.07) is 1.12. The number of hydrogen-bond donors (Lipinski definition) is 1. The van der Waals surface area contributed by atoms with Crippen LogP contribution in [0, 0.1) is 5.82 Å². The Morgan fingerprint density at radius 3 is 3.03 bits per heavy atom. The van der Waals surface area contributed by atoms with E-state index < -0.39 is 17.2 Å². The Morgan fingerprint density at radius 1 is 1.53 bits per heavy atom. The number of aliphatic imine (C=N–C) groups is 1. The number of halogens is 1. The van der Waals surface area contributed by atoms with Gasteiger partial charge in [0, 0.05) is 50.6 Å². The highest BCUT2D eigenvalue weighted by Crippen LogP contribution is 2.33. The van der Waals surface area contributed by atoms with Gasteiger partial charge in [0.15, 0.2) is 0 Å². The van der Waals surface area contributed by atoms with E-state index in [-0.39, 0.29) is 17.1 Å². The average molecular weight is 433 g/mol. The predicted octanol–water partition coefficient (Wildman–Crippen LogP) is 2.25. The molecule has 0 amide bonds. The number of carboxylic acid groups (broad SMARTS) is 1. The van der Waals surface area contributed by atoms with E-state index in [4.69, 9.17) is 9.47 Å². The summed E-state index contributed by atoms with van der Waals surface area (Å²) in [5.74, 6) is -1.95. The van der Waals surface area contributed by atoms with Crippen molar-refractivity contribution >= 4 is 44.9 Å². The number of pyridine rings is 1. The molecule has 3 heterocycles. The van der Waals surface area contributed by atoms with Crippen molar-refractivity contribution in [2.75, 3.05) is 45.4 Å². The van der Waals surface area contributed by atoms with Crippen molar-refractivity contribution in [1.82, 2.24) is 4.40 Å². The van der Waals surface area contributed by atoms with Crippen molar-refractivity contribution in [3.8, 4) is 0 Å². The Kier molecular flexibility index (Phi) is 5.54. The molecule has 1 aromatic carbocycles. The summed E-state index contributed by atoms with van der Waals surface area (Å²) in [4.78, 5) is 30.9. The molecule has 30 heavy (non-hydrogen) atoms. The summed E-state index contributed by atoms with van der Waals surface area (Å²) in [6.45, 7) is 1.65. The van der Waals surface area contributed by atoms with Crippen LogP contribution in [0.15, 0.2) is 27.4 Å². The second-order valence-electron chi connectivity index (χ2n) is 6.89. The summed E-state index contributed by atoms with van der Waals surface area (Å²) in [5, 5.41) is 11.3. The van der Waals surface area contributed by atoms with Gasteiger partial charge in [0.05, 0.1) is 35.9 Å². The number of nitrogens with zero attached hydrogens (tertiary/aromatic N) is 3. The first-order valence-electron chi connectivity index (χ1n) is 9.26. The van der Waals surface area contributed by atoms with Gasteiger partial charge in [-0.25, -0.2) is 9.18 Å². The molecule has 10 heteroatoms. The number of benzene rings is 1. The molecule has 4 rings (SSSR count). The normalized spacial score (nSPS) is 17.4. The highest BCUT2D eigenvalue weighted by molar-refractivity contribution is 7.16. The predicted molar refractivity (Wildman–Crippen MR) is 113 cm³/mol. The molecule has 3 aromatic rings. The van der Waals surface area contributed by atoms with Crippen molar-refractivity contribution in [1.29, 1.82) is 0 Å². The smallest absolute Gasteiger partial charge is 0.342 e. The van der Waals surface area contributed by atoms with Crippen LogP contribution in [0.3, 0.4) is 0 Å². The third-order valence-corrected chi connectivity index (χ3v) is 5.96. The molecule has 1 atom stereocenters. The Labute approximate surface area is 174 Å². The van der Waals surface area contributed by atoms with Crippen molar-refractivity contribution in [3.63, 3.8) is 0 Å². The maximum absolute atomic E-state index is 15.4. The van der Waals surface area contributed by atoms with Gasteiger partial charge in [-0.1, -0.05) is 0 Å². The number of aromatic nitrogens is 1. The molecule has 2 aromatic heterocycles. The number of aromatic carboxylic acids is 1. The molecule has 0 aliphatic carbocycles. The quantitative estimate of drug-likeness (QED) is 0.621. The number of fused-ring (bicyclic) bond motifs is 3. The summed E-state index contributed by atoms with van der Waals surface area (Å²) in [6.07, 6.45) is 2.96. The van der Waals surface area contributed by atoms with Crippen LogP contribution in [0.1, 0.15) is 15.9 Å². The van der Waals surface area contributed by atoms with Gasteiger partial charge < -0.3 is 23.9 Å². The SMILES string of the molecule is CN=Cc1c(N2CCO[C@H](COC)C2)c(F)cc2c(=O)c(C(=O)O)c3sccn3c12. The van der Waals surface area contributed by atoms with Crippen LogP contribution in [-0.4, -0.2) is 68.3 Å². The molecule has 0 spiro atoms. The second-order valence-corrected chi connectivity index (χ2v) is 7.78. The largest absolute Gasteiger partial charge is 0.477 e. The summed E-state index contributed by atoms with van der Waals surface area (Å²) in [5.41, 5.74) is 0.0805. The van der Waals surface area contributed by atoms with Gasteiger partial charge in [-0.15, -0.1) is 11.3 Å². The zero-order chi connectivity index (χ0) is 21.4. The molecule has 0 bridgehead atoms. The van der Waals surface area contributed by atoms with Crippen molar-refractivity contribution in [2.24, 2.45) is 4.99 Å². The fourth-order valence-electron chi connectivity index (χ4n) is 3.92. The van der Waals surface area contributed by atoms with Gasteiger partial charge >= 0.3 is 5.97 Å². The molecule has 0 radical (unpaired) electrons. The minimum absolute atomic E-state index is 0.00107. The summed E-state index contributed by atoms with van der Waals surface area (Å²) < 4.78 is 27.8. The van der Waals surface area contributed by atoms with Crippen molar-refractivity contribution in [3.05, 3.63) is 44.8 Å². The number of ether oxygens (including phenoxy) is 2. The Bertz CT molecular complexity index is 1220. The molecular formula is C20H20FN3O5S. The molecule has 1 saturated heterocycles. The first-order valence-corrected chi connectivity index (χ1v) is 10.1.